The van der Waals surface area contributed by atoms with Crippen LogP contribution in [0.5, 0.6) is 0 Å². The molecule has 1 aromatic carbocycles. The van der Waals surface area contributed by atoms with Gasteiger partial charge in [0.15, 0.2) is 0 Å². The topological polar surface area (TPSA) is 123 Å². The standard InChI is InChI=1S/C23H33N3O7/c1-23(2,3)33-21(29)24-14-17(25-22(30)32-15-16-10-6-5-7-11-16)19(27)26-13-9-8-12-18(26)20(28)31-4/h5-7,10-11,17-18H,8-9,12-15H2,1-4H3,(H,24,29)(H,25,30)/t17?,18-/m1/s1. The molecule has 1 fully saturated rings. The number of esters is 1. The largest absolute Gasteiger partial charge is 0.467 e. The molecule has 182 valence electrons. The lowest BCUT2D eigenvalue weighted by Crippen LogP contribution is -2.58. The summed E-state index contributed by atoms with van der Waals surface area (Å²) in [5.41, 5.74) is 0.0540. The van der Waals surface area contributed by atoms with Gasteiger partial charge in [-0.3, -0.25) is 4.79 Å². The van der Waals surface area contributed by atoms with E-state index in [0.717, 1.165) is 12.0 Å². The first-order chi connectivity index (χ1) is 15.6. The third-order valence-electron chi connectivity index (χ3n) is 4.91. The Morgan fingerprint density at radius 1 is 1.09 bits per heavy atom. The average Bonchev–Trinajstić information content (AvgIpc) is 2.79. The average molecular weight is 464 g/mol. The number of nitrogens with zero attached hydrogens (tertiary/aromatic N) is 1. The van der Waals surface area contributed by atoms with Crippen LogP contribution in [0.3, 0.4) is 0 Å². The third-order valence-corrected chi connectivity index (χ3v) is 4.91. The van der Waals surface area contributed by atoms with Crippen molar-refractivity contribution in [1.29, 1.82) is 0 Å². The van der Waals surface area contributed by atoms with Crippen LogP contribution in [0.1, 0.15) is 45.6 Å². The summed E-state index contributed by atoms with van der Waals surface area (Å²) in [5.74, 6) is -1.04. The Bertz CT molecular complexity index is 823. The number of methoxy groups -OCH3 is 1. The van der Waals surface area contributed by atoms with Crippen molar-refractivity contribution in [1.82, 2.24) is 15.5 Å². The second-order valence-corrected chi connectivity index (χ2v) is 8.71. The minimum atomic E-state index is -1.16. The van der Waals surface area contributed by atoms with Crippen molar-refractivity contribution >= 4 is 24.1 Å². The summed E-state index contributed by atoms with van der Waals surface area (Å²) in [5, 5.41) is 5.01. The molecule has 10 heteroatoms. The molecule has 0 spiro atoms. The Kier molecular flexibility index (Phi) is 9.50. The lowest BCUT2D eigenvalue weighted by molar-refractivity contribution is -0.155. The van der Waals surface area contributed by atoms with Gasteiger partial charge in [0.2, 0.25) is 5.91 Å². The van der Waals surface area contributed by atoms with Crippen molar-refractivity contribution in [2.75, 3.05) is 20.2 Å². The number of piperidine rings is 1. The first kappa shape index (κ1) is 26.0. The summed E-state index contributed by atoms with van der Waals surface area (Å²) in [6, 6.07) is 7.17. The molecular formula is C23H33N3O7. The van der Waals surface area contributed by atoms with Gasteiger partial charge in [-0.25, -0.2) is 14.4 Å². The number of amides is 3. The molecule has 2 rings (SSSR count). The highest BCUT2D eigenvalue weighted by Gasteiger charge is 2.37. The summed E-state index contributed by atoms with van der Waals surface area (Å²) in [6.45, 7) is 5.25. The number of carbonyl (C=O) groups is 4. The second kappa shape index (κ2) is 12.1. The van der Waals surface area contributed by atoms with Crippen molar-refractivity contribution in [3.63, 3.8) is 0 Å². The van der Waals surface area contributed by atoms with E-state index in [2.05, 4.69) is 10.6 Å². The number of hydrogen-bond donors (Lipinski definition) is 2. The van der Waals surface area contributed by atoms with Gasteiger partial charge in [0.05, 0.1) is 13.7 Å². The predicted molar refractivity (Wildman–Crippen MR) is 119 cm³/mol. The summed E-state index contributed by atoms with van der Waals surface area (Å²) >= 11 is 0. The van der Waals surface area contributed by atoms with E-state index in [-0.39, 0.29) is 13.2 Å². The van der Waals surface area contributed by atoms with Crippen LogP contribution in [0.2, 0.25) is 0 Å². The highest BCUT2D eigenvalue weighted by Crippen LogP contribution is 2.19. The minimum absolute atomic E-state index is 0.0155. The SMILES string of the molecule is COC(=O)[C@H]1CCCCN1C(=O)C(CNC(=O)OC(C)(C)C)NC(=O)OCc1ccccc1. The fraction of sp³-hybridized carbons (Fsp3) is 0.565. The number of ether oxygens (including phenoxy) is 3. The molecule has 0 radical (unpaired) electrons. The lowest BCUT2D eigenvalue weighted by Gasteiger charge is -2.36. The van der Waals surface area contributed by atoms with Gasteiger partial charge < -0.3 is 29.7 Å². The van der Waals surface area contributed by atoms with Gasteiger partial charge in [-0.05, 0) is 45.6 Å². The molecule has 10 nitrogen and oxygen atoms in total. The van der Waals surface area contributed by atoms with E-state index >= 15 is 0 Å². The molecule has 1 saturated heterocycles. The smallest absolute Gasteiger partial charge is 0.408 e. The molecule has 2 N–H and O–H groups in total. The van der Waals surface area contributed by atoms with E-state index in [4.69, 9.17) is 14.2 Å². The van der Waals surface area contributed by atoms with Gasteiger partial charge in [-0.2, -0.15) is 0 Å². The number of nitrogens with one attached hydrogen (secondary N) is 2. The zero-order valence-corrected chi connectivity index (χ0v) is 19.6. The Hall–Kier alpha value is -3.30. The maximum Gasteiger partial charge on any atom is 0.408 e. The number of benzene rings is 1. The molecule has 0 bridgehead atoms. The van der Waals surface area contributed by atoms with E-state index in [9.17, 15) is 19.2 Å². The van der Waals surface area contributed by atoms with E-state index < -0.39 is 41.7 Å². The summed E-state index contributed by atoms with van der Waals surface area (Å²) < 4.78 is 15.3. The first-order valence-corrected chi connectivity index (χ1v) is 10.9. The third kappa shape index (κ3) is 8.63. The molecule has 2 atom stereocenters. The maximum absolute atomic E-state index is 13.3. The fourth-order valence-corrected chi connectivity index (χ4v) is 3.38. The first-order valence-electron chi connectivity index (χ1n) is 10.9. The van der Waals surface area contributed by atoms with Crippen molar-refractivity contribution in [3.05, 3.63) is 35.9 Å². The number of alkyl carbamates (subject to hydrolysis) is 2. The van der Waals surface area contributed by atoms with E-state index in [1.165, 1.54) is 12.0 Å². The molecule has 1 unspecified atom stereocenters. The summed E-state index contributed by atoms with van der Waals surface area (Å²) in [4.78, 5) is 51.4. The molecule has 33 heavy (non-hydrogen) atoms. The van der Waals surface area contributed by atoms with Gasteiger partial charge in [0.1, 0.15) is 24.3 Å². The molecule has 0 aromatic heterocycles. The summed E-state index contributed by atoms with van der Waals surface area (Å²) in [6.07, 6.45) is 0.391. The van der Waals surface area contributed by atoms with Gasteiger partial charge in [0, 0.05) is 6.54 Å². The Morgan fingerprint density at radius 3 is 2.42 bits per heavy atom. The van der Waals surface area contributed by atoms with Crippen LogP contribution < -0.4 is 10.6 Å². The zero-order chi connectivity index (χ0) is 24.4. The predicted octanol–water partition coefficient (Wildman–Crippen LogP) is 2.36. The molecule has 1 aromatic rings. The van der Waals surface area contributed by atoms with E-state index in [1.54, 1.807) is 32.9 Å². The highest BCUT2D eigenvalue weighted by atomic mass is 16.6. The molecule has 0 saturated carbocycles. The molecule has 1 aliphatic heterocycles. The van der Waals surface area contributed by atoms with Crippen LogP contribution in [0.4, 0.5) is 9.59 Å². The Balaban J connectivity index is 2.09. The molecule has 1 heterocycles. The second-order valence-electron chi connectivity index (χ2n) is 8.71. The number of rotatable bonds is 7. The molecular weight excluding hydrogens is 430 g/mol. The number of hydrogen-bond acceptors (Lipinski definition) is 7. The molecule has 1 aliphatic rings. The van der Waals surface area contributed by atoms with Crippen LogP contribution >= 0.6 is 0 Å². The quantitative estimate of drug-likeness (QED) is 0.470. The van der Waals surface area contributed by atoms with Gasteiger partial charge in [0.25, 0.3) is 0 Å². The zero-order valence-electron chi connectivity index (χ0n) is 19.6. The van der Waals surface area contributed by atoms with Crippen LogP contribution in [0, 0.1) is 0 Å². The van der Waals surface area contributed by atoms with E-state index in [0.29, 0.717) is 19.4 Å². The lowest BCUT2D eigenvalue weighted by atomic mass is 10.0. The Morgan fingerprint density at radius 2 is 1.79 bits per heavy atom. The van der Waals surface area contributed by atoms with Crippen LogP contribution in [-0.2, 0) is 30.4 Å². The Labute approximate surface area is 193 Å². The molecule has 3 amide bonds. The monoisotopic (exact) mass is 463 g/mol. The van der Waals surface area contributed by atoms with Crippen LogP contribution in [0.25, 0.3) is 0 Å². The van der Waals surface area contributed by atoms with Crippen LogP contribution in [-0.4, -0.2) is 66.8 Å². The maximum atomic E-state index is 13.3. The van der Waals surface area contributed by atoms with Crippen molar-refractivity contribution < 1.29 is 33.4 Å². The summed E-state index contributed by atoms with van der Waals surface area (Å²) in [7, 11) is 1.26. The fourth-order valence-electron chi connectivity index (χ4n) is 3.38. The minimum Gasteiger partial charge on any atom is -0.467 e. The van der Waals surface area contributed by atoms with Crippen molar-refractivity contribution in [3.8, 4) is 0 Å². The van der Waals surface area contributed by atoms with Gasteiger partial charge in [-0.15, -0.1) is 0 Å². The van der Waals surface area contributed by atoms with E-state index in [1.807, 2.05) is 18.2 Å². The van der Waals surface area contributed by atoms with Crippen molar-refractivity contribution in [2.45, 2.75) is 64.3 Å². The molecule has 0 aliphatic carbocycles. The van der Waals surface area contributed by atoms with Gasteiger partial charge >= 0.3 is 18.2 Å². The number of likely N-dealkylation sites (tertiary alicyclic amines) is 1. The number of carbonyl (C=O) groups excluding carboxylic acids is 4. The highest BCUT2D eigenvalue weighted by molar-refractivity contribution is 5.90. The van der Waals surface area contributed by atoms with Gasteiger partial charge in [-0.1, -0.05) is 30.3 Å². The van der Waals surface area contributed by atoms with Crippen LogP contribution in [0.15, 0.2) is 30.3 Å². The van der Waals surface area contributed by atoms with Crippen molar-refractivity contribution in [2.24, 2.45) is 0 Å². The normalized spacial score (nSPS) is 16.8.